The Hall–Kier alpha value is -2.69. The number of carbonyl (C=O) groups excluding carboxylic acids is 1. The average molecular weight is 354 g/mol. The molecule has 138 valence electrons. The van der Waals surface area contributed by atoms with E-state index < -0.39 is 0 Å². The number of aryl methyl sites for hydroxylation is 2. The average Bonchev–Trinajstić information content (AvgIpc) is 2.69. The third-order valence-corrected chi connectivity index (χ3v) is 5.05. The lowest BCUT2D eigenvalue weighted by Crippen LogP contribution is -2.48. The van der Waals surface area contributed by atoms with Crippen LogP contribution in [0.2, 0.25) is 0 Å². The van der Waals surface area contributed by atoms with Crippen LogP contribution in [0.1, 0.15) is 21.5 Å². The molecular formula is C21H26N2O3. The summed E-state index contributed by atoms with van der Waals surface area (Å²) in [5.41, 5.74) is 4.16. The van der Waals surface area contributed by atoms with Gasteiger partial charge in [-0.25, -0.2) is 0 Å². The van der Waals surface area contributed by atoms with Gasteiger partial charge in [-0.1, -0.05) is 6.07 Å². The molecule has 5 nitrogen and oxygen atoms in total. The fourth-order valence-corrected chi connectivity index (χ4v) is 3.25. The summed E-state index contributed by atoms with van der Waals surface area (Å²) in [6, 6.07) is 11.8. The Labute approximate surface area is 155 Å². The van der Waals surface area contributed by atoms with Crippen molar-refractivity contribution in [3.63, 3.8) is 0 Å². The Balaban J connectivity index is 1.69. The maximum Gasteiger partial charge on any atom is 0.253 e. The monoisotopic (exact) mass is 354 g/mol. The summed E-state index contributed by atoms with van der Waals surface area (Å²) in [6.07, 6.45) is 0. The van der Waals surface area contributed by atoms with Crippen LogP contribution in [0.25, 0.3) is 0 Å². The summed E-state index contributed by atoms with van der Waals surface area (Å²) in [6.45, 7) is 7.05. The van der Waals surface area contributed by atoms with Gasteiger partial charge in [0.1, 0.15) is 11.5 Å². The molecule has 5 heteroatoms. The van der Waals surface area contributed by atoms with E-state index >= 15 is 0 Å². The van der Waals surface area contributed by atoms with E-state index in [1.54, 1.807) is 14.2 Å². The molecule has 0 aromatic heterocycles. The van der Waals surface area contributed by atoms with Gasteiger partial charge in [0.05, 0.1) is 19.9 Å². The number of amides is 1. The lowest BCUT2D eigenvalue weighted by Gasteiger charge is -2.36. The van der Waals surface area contributed by atoms with Gasteiger partial charge in [-0.3, -0.25) is 4.79 Å². The van der Waals surface area contributed by atoms with Crippen molar-refractivity contribution in [1.82, 2.24) is 4.90 Å². The SMILES string of the molecule is COc1ccc(N2CCN(C(=O)c3ccc(C)c(C)c3)CC2)c(OC)c1. The van der Waals surface area contributed by atoms with Crippen molar-refractivity contribution >= 4 is 11.6 Å². The van der Waals surface area contributed by atoms with E-state index in [4.69, 9.17) is 9.47 Å². The highest BCUT2D eigenvalue weighted by Crippen LogP contribution is 2.32. The second kappa shape index (κ2) is 7.68. The smallest absolute Gasteiger partial charge is 0.253 e. The maximum atomic E-state index is 12.8. The van der Waals surface area contributed by atoms with Crippen LogP contribution in [-0.4, -0.2) is 51.2 Å². The first kappa shape index (κ1) is 18.1. The van der Waals surface area contributed by atoms with Crippen LogP contribution in [0.5, 0.6) is 11.5 Å². The highest BCUT2D eigenvalue weighted by Gasteiger charge is 2.24. The Bertz CT molecular complexity index is 796. The molecule has 0 saturated carbocycles. The fraction of sp³-hybridized carbons (Fsp3) is 0.381. The molecule has 0 radical (unpaired) electrons. The van der Waals surface area contributed by atoms with Gasteiger partial charge < -0.3 is 19.3 Å². The van der Waals surface area contributed by atoms with E-state index in [1.165, 1.54) is 5.56 Å². The highest BCUT2D eigenvalue weighted by molar-refractivity contribution is 5.94. The minimum Gasteiger partial charge on any atom is -0.497 e. The van der Waals surface area contributed by atoms with Crippen LogP contribution in [0.4, 0.5) is 5.69 Å². The molecule has 2 aromatic carbocycles. The third-order valence-electron chi connectivity index (χ3n) is 5.05. The number of piperazine rings is 1. The highest BCUT2D eigenvalue weighted by atomic mass is 16.5. The Morgan fingerprint density at radius 2 is 1.62 bits per heavy atom. The largest absolute Gasteiger partial charge is 0.497 e. The Kier molecular flexibility index (Phi) is 5.35. The molecule has 1 fully saturated rings. The molecule has 0 spiro atoms. The van der Waals surface area contributed by atoms with Gasteiger partial charge in [-0.2, -0.15) is 0 Å². The lowest BCUT2D eigenvalue weighted by molar-refractivity contribution is 0.0746. The summed E-state index contributed by atoms with van der Waals surface area (Å²) in [4.78, 5) is 17.0. The van der Waals surface area contributed by atoms with Crippen molar-refractivity contribution in [3.05, 3.63) is 53.1 Å². The number of methoxy groups -OCH3 is 2. The van der Waals surface area contributed by atoms with E-state index in [9.17, 15) is 4.79 Å². The Morgan fingerprint density at radius 3 is 2.23 bits per heavy atom. The number of hydrogen-bond acceptors (Lipinski definition) is 4. The summed E-state index contributed by atoms with van der Waals surface area (Å²) < 4.78 is 10.8. The minimum absolute atomic E-state index is 0.106. The van der Waals surface area contributed by atoms with Gasteiger partial charge in [0.25, 0.3) is 5.91 Å². The number of rotatable bonds is 4. The van der Waals surface area contributed by atoms with Gasteiger partial charge in [0, 0.05) is 37.8 Å². The summed E-state index contributed by atoms with van der Waals surface area (Å²) in [5, 5.41) is 0. The van der Waals surface area contributed by atoms with Crippen molar-refractivity contribution < 1.29 is 14.3 Å². The molecular weight excluding hydrogens is 328 g/mol. The normalized spacial score (nSPS) is 14.3. The molecule has 1 heterocycles. The molecule has 1 aliphatic rings. The third kappa shape index (κ3) is 3.62. The van der Waals surface area contributed by atoms with Crippen LogP contribution >= 0.6 is 0 Å². The molecule has 0 unspecified atom stereocenters. The van der Waals surface area contributed by atoms with Crippen molar-refractivity contribution in [2.45, 2.75) is 13.8 Å². The number of hydrogen-bond donors (Lipinski definition) is 0. The minimum atomic E-state index is 0.106. The van der Waals surface area contributed by atoms with Gasteiger partial charge >= 0.3 is 0 Å². The predicted octanol–water partition coefficient (Wildman–Crippen LogP) is 3.28. The molecule has 1 amide bonds. The van der Waals surface area contributed by atoms with Crippen LogP contribution in [-0.2, 0) is 0 Å². The van der Waals surface area contributed by atoms with Crippen LogP contribution in [0.15, 0.2) is 36.4 Å². The fourth-order valence-electron chi connectivity index (χ4n) is 3.25. The quantitative estimate of drug-likeness (QED) is 0.845. The predicted molar refractivity (Wildman–Crippen MR) is 104 cm³/mol. The van der Waals surface area contributed by atoms with Crippen molar-refractivity contribution in [2.75, 3.05) is 45.3 Å². The molecule has 2 aromatic rings. The van der Waals surface area contributed by atoms with E-state index in [0.717, 1.165) is 41.4 Å². The van der Waals surface area contributed by atoms with Crippen molar-refractivity contribution in [2.24, 2.45) is 0 Å². The molecule has 1 saturated heterocycles. The number of ether oxygens (including phenoxy) is 2. The summed E-state index contributed by atoms with van der Waals surface area (Å²) >= 11 is 0. The topological polar surface area (TPSA) is 42.0 Å². The zero-order valence-corrected chi connectivity index (χ0v) is 15.9. The van der Waals surface area contributed by atoms with Crippen molar-refractivity contribution in [3.8, 4) is 11.5 Å². The second-order valence-electron chi connectivity index (χ2n) is 6.62. The zero-order chi connectivity index (χ0) is 18.7. The Morgan fingerprint density at radius 1 is 0.885 bits per heavy atom. The number of benzene rings is 2. The van der Waals surface area contributed by atoms with Gasteiger partial charge in [-0.15, -0.1) is 0 Å². The number of anilines is 1. The lowest BCUT2D eigenvalue weighted by atomic mass is 10.1. The first-order valence-corrected chi connectivity index (χ1v) is 8.87. The van der Waals surface area contributed by atoms with Crippen molar-refractivity contribution in [1.29, 1.82) is 0 Å². The van der Waals surface area contributed by atoms with E-state index in [2.05, 4.69) is 11.8 Å². The standard InChI is InChI=1S/C21H26N2O3/c1-15-5-6-17(13-16(15)2)21(24)23-11-9-22(10-12-23)19-8-7-18(25-3)14-20(19)26-4/h5-8,13-14H,9-12H2,1-4H3. The molecule has 1 aliphatic heterocycles. The van der Waals surface area contributed by atoms with E-state index in [0.29, 0.717) is 13.1 Å². The molecule has 0 N–H and O–H groups in total. The van der Waals surface area contributed by atoms with Gasteiger partial charge in [-0.05, 0) is 49.2 Å². The van der Waals surface area contributed by atoms with Crippen LogP contribution in [0.3, 0.4) is 0 Å². The molecule has 0 bridgehead atoms. The first-order chi connectivity index (χ1) is 12.5. The second-order valence-corrected chi connectivity index (χ2v) is 6.62. The zero-order valence-electron chi connectivity index (χ0n) is 15.9. The molecule has 0 atom stereocenters. The molecule has 3 rings (SSSR count). The number of carbonyl (C=O) groups is 1. The molecule has 26 heavy (non-hydrogen) atoms. The van der Waals surface area contributed by atoms with Gasteiger partial charge in [0.15, 0.2) is 0 Å². The van der Waals surface area contributed by atoms with Crippen LogP contribution < -0.4 is 14.4 Å². The van der Waals surface area contributed by atoms with Gasteiger partial charge in [0.2, 0.25) is 0 Å². The molecule has 0 aliphatic carbocycles. The summed E-state index contributed by atoms with van der Waals surface area (Å²) in [7, 11) is 3.31. The van der Waals surface area contributed by atoms with E-state index in [1.807, 2.05) is 48.2 Å². The first-order valence-electron chi connectivity index (χ1n) is 8.87. The van der Waals surface area contributed by atoms with Crippen LogP contribution in [0, 0.1) is 13.8 Å². The summed E-state index contributed by atoms with van der Waals surface area (Å²) in [5.74, 6) is 1.67. The maximum absolute atomic E-state index is 12.8. The number of nitrogens with zero attached hydrogens (tertiary/aromatic N) is 2. The van der Waals surface area contributed by atoms with E-state index in [-0.39, 0.29) is 5.91 Å².